The van der Waals surface area contributed by atoms with Crippen LogP contribution >= 0.6 is 0 Å². The molecule has 244 valence electrons. The minimum atomic E-state index is -4.40. The van der Waals surface area contributed by atoms with Gasteiger partial charge >= 0.3 is 6.18 Å². The summed E-state index contributed by atoms with van der Waals surface area (Å²) in [6.45, 7) is 5.30. The molecule has 10 nitrogen and oxygen atoms in total. The molecule has 1 saturated carbocycles. The van der Waals surface area contributed by atoms with Crippen molar-refractivity contribution >= 4 is 46.3 Å². The molecule has 47 heavy (non-hydrogen) atoms. The van der Waals surface area contributed by atoms with E-state index in [1.165, 1.54) is 31.2 Å². The summed E-state index contributed by atoms with van der Waals surface area (Å²) in [5.41, 5.74) is 1.62. The standard InChI is InChI=1S/C34H34F3N7O3/c1-21-27-20-39-33(41-31(27)44(25-5-3-4-6-25)32(47)30(21)22(2)45)40-28-13-12-26(19-38-28)42-15-17-43(18-16-42)29(46)14-9-23-7-10-24(11-8-23)34(35,36)37/h7-14,19-20,25H,3-6,15-18H2,1-2H3,(H,38,39,40,41)/b14-9+. The Bertz CT molecular complexity index is 1890. The predicted molar refractivity (Wildman–Crippen MR) is 173 cm³/mol. The van der Waals surface area contributed by atoms with Crippen molar-refractivity contribution in [2.45, 2.75) is 51.7 Å². The van der Waals surface area contributed by atoms with Gasteiger partial charge in [0.2, 0.25) is 11.9 Å². The molecule has 1 N–H and O–H groups in total. The highest BCUT2D eigenvalue weighted by molar-refractivity contribution is 5.99. The summed E-state index contributed by atoms with van der Waals surface area (Å²) in [5, 5.41) is 3.80. The van der Waals surface area contributed by atoms with Gasteiger partial charge in [-0.15, -0.1) is 0 Å². The van der Waals surface area contributed by atoms with E-state index in [2.05, 4.69) is 20.2 Å². The summed E-state index contributed by atoms with van der Waals surface area (Å²) in [4.78, 5) is 56.1. The zero-order chi connectivity index (χ0) is 33.3. The summed E-state index contributed by atoms with van der Waals surface area (Å²) in [5.74, 6) is 0.329. The molecule has 0 unspecified atom stereocenters. The van der Waals surface area contributed by atoms with Gasteiger partial charge in [-0.3, -0.25) is 19.0 Å². The fourth-order valence-corrected chi connectivity index (χ4v) is 6.31. The first-order chi connectivity index (χ1) is 22.5. The Morgan fingerprint density at radius 1 is 0.957 bits per heavy atom. The summed E-state index contributed by atoms with van der Waals surface area (Å²) in [6, 6.07) is 8.36. The van der Waals surface area contributed by atoms with Crippen LogP contribution in [0.1, 0.15) is 65.7 Å². The van der Waals surface area contributed by atoms with Crippen LogP contribution in [0.5, 0.6) is 0 Å². The Morgan fingerprint density at radius 2 is 1.66 bits per heavy atom. The number of carbonyl (C=O) groups excluding carboxylic acids is 2. The first-order valence-electron chi connectivity index (χ1n) is 15.5. The van der Waals surface area contributed by atoms with E-state index in [1.54, 1.807) is 34.9 Å². The maximum absolute atomic E-state index is 13.5. The van der Waals surface area contributed by atoms with Crippen molar-refractivity contribution in [3.05, 3.63) is 87.5 Å². The van der Waals surface area contributed by atoms with Crippen LogP contribution in [0.25, 0.3) is 17.1 Å². The Labute approximate surface area is 269 Å². The van der Waals surface area contributed by atoms with E-state index >= 15 is 0 Å². The number of aromatic nitrogens is 4. The van der Waals surface area contributed by atoms with E-state index in [1.807, 2.05) is 6.07 Å². The van der Waals surface area contributed by atoms with Crippen LogP contribution in [0.4, 0.5) is 30.6 Å². The number of aryl methyl sites for hydroxylation is 1. The highest BCUT2D eigenvalue weighted by atomic mass is 19.4. The van der Waals surface area contributed by atoms with Gasteiger partial charge in [0, 0.05) is 49.9 Å². The molecule has 3 aromatic heterocycles. The molecule has 1 saturated heterocycles. The maximum atomic E-state index is 13.5. The highest BCUT2D eigenvalue weighted by Gasteiger charge is 2.30. The first-order valence-corrected chi connectivity index (χ1v) is 15.5. The van der Waals surface area contributed by atoms with Gasteiger partial charge in [0.05, 0.1) is 23.0 Å². The molecule has 0 radical (unpaired) electrons. The molecule has 1 aliphatic heterocycles. The third kappa shape index (κ3) is 6.74. The van der Waals surface area contributed by atoms with E-state index < -0.39 is 11.7 Å². The second kappa shape index (κ2) is 13.0. The van der Waals surface area contributed by atoms with Crippen molar-refractivity contribution in [1.29, 1.82) is 0 Å². The van der Waals surface area contributed by atoms with Crippen LogP contribution in [0.15, 0.2) is 59.7 Å². The second-order valence-electron chi connectivity index (χ2n) is 11.9. The van der Waals surface area contributed by atoms with Crippen molar-refractivity contribution < 1.29 is 22.8 Å². The monoisotopic (exact) mass is 645 g/mol. The number of nitrogens with zero attached hydrogens (tertiary/aromatic N) is 6. The molecule has 1 aromatic carbocycles. The first kappa shape index (κ1) is 31.9. The smallest absolute Gasteiger partial charge is 0.367 e. The number of carbonyl (C=O) groups is 2. The molecule has 4 heterocycles. The number of hydrogen-bond acceptors (Lipinski definition) is 8. The average molecular weight is 646 g/mol. The molecule has 13 heteroatoms. The number of Topliss-reactive ketones (excluding diaryl/α,β-unsaturated/α-hetero) is 1. The van der Waals surface area contributed by atoms with Crippen LogP contribution in [0.2, 0.25) is 0 Å². The quantitative estimate of drug-likeness (QED) is 0.194. The van der Waals surface area contributed by atoms with Crippen LogP contribution in [0, 0.1) is 6.92 Å². The maximum Gasteiger partial charge on any atom is 0.416 e. The number of fused-ring (bicyclic) bond motifs is 1. The molecule has 0 bridgehead atoms. The Kier molecular flexibility index (Phi) is 8.80. The molecular formula is C34H34F3N7O3. The highest BCUT2D eigenvalue weighted by Crippen LogP contribution is 2.32. The lowest BCUT2D eigenvalue weighted by Gasteiger charge is -2.35. The summed E-state index contributed by atoms with van der Waals surface area (Å²) < 4.78 is 40.0. The Balaban J connectivity index is 1.10. The molecule has 0 spiro atoms. The van der Waals surface area contributed by atoms with Crippen molar-refractivity contribution in [3.63, 3.8) is 0 Å². The fraction of sp³-hybridized carbons (Fsp3) is 0.353. The topological polar surface area (TPSA) is 113 Å². The second-order valence-corrected chi connectivity index (χ2v) is 11.9. The zero-order valence-corrected chi connectivity index (χ0v) is 26.0. The molecule has 1 aliphatic carbocycles. The summed E-state index contributed by atoms with van der Waals surface area (Å²) in [6.07, 6.45) is 5.60. The van der Waals surface area contributed by atoms with E-state index in [0.29, 0.717) is 54.2 Å². The van der Waals surface area contributed by atoms with Crippen LogP contribution in [-0.2, 0) is 11.0 Å². The van der Waals surface area contributed by atoms with E-state index in [-0.39, 0.29) is 34.8 Å². The van der Waals surface area contributed by atoms with Gasteiger partial charge in [-0.05, 0) is 68.2 Å². The van der Waals surface area contributed by atoms with E-state index in [9.17, 15) is 27.6 Å². The van der Waals surface area contributed by atoms with Crippen molar-refractivity contribution in [2.24, 2.45) is 0 Å². The number of pyridine rings is 2. The number of alkyl halides is 3. The molecule has 2 aliphatic rings. The summed E-state index contributed by atoms with van der Waals surface area (Å²) >= 11 is 0. The number of rotatable bonds is 7. The minimum absolute atomic E-state index is 0.0188. The van der Waals surface area contributed by atoms with Crippen LogP contribution in [-0.4, -0.2) is 62.3 Å². The minimum Gasteiger partial charge on any atom is -0.367 e. The molecule has 1 amide bonds. The van der Waals surface area contributed by atoms with Gasteiger partial charge in [-0.1, -0.05) is 25.0 Å². The third-order valence-electron chi connectivity index (χ3n) is 8.85. The number of piperazine rings is 1. The largest absolute Gasteiger partial charge is 0.416 e. The van der Waals surface area contributed by atoms with Gasteiger partial charge in [0.1, 0.15) is 11.5 Å². The van der Waals surface area contributed by atoms with Gasteiger partial charge < -0.3 is 15.1 Å². The number of ketones is 1. The molecule has 4 aromatic rings. The van der Waals surface area contributed by atoms with Crippen molar-refractivity contribution in [3.8, 4) is 0 Å². The number of halogens is 3. The van der Waals surface area contributed by atoms with Gasteiger partial charge in [0.15, 0.2) is 5.78 Å². The van der Waals surface area contributed by atoms with Gasteiger partial charge in [-0.2, -0.15) is 18.2 Å². The lowest BCUT2D eigenvalue weighted by molar-refractivity contribution is -0.137. The van der Waals surface area contributed by atoms with Crippen molar-refractivity contribution in [1.82, 2.24) is 24.4 Å². The number of amides is 1. The predicted octanol–water partition coefficient (Wildman–Crippen LogP) is 5.94. The van der Waals surface area contributed by atoms with E-state index in [0.717, 1.165) is 43.5 Å². The van der Waals surface area contributed by atoms with Gasteiger partial charge in [-0.25, -0.2) is 9.97 Å². The Hall–Kier alpha value is -5.07. The van der Waals surface area contributed by atoms with E-state index in [4.69, 9.17) is 4.98 Å². The van der Waals surface area contributed by atoms with Crippen LogP contribution in [0.3, 0.4) is 0 Å². The lowest BCUT2D eigenvalue weighted by Crippen LogP contribution is -2.48. The normalized spacial score (nSPS) is 15.9. The number of hydrogen-bond donors (Lipinski definition) is 1. The molecule has 2 fully saturated rings. The summed E-state index contributed by atoms with van der Waals surface area (Å²) in [7, 11) is 0. The third-order valence-corrected chi connectivity index (χ3v) is 8.85. The number of anilines is 3. The number of nitrogens with one attached hydrogen (secondary N) is 1. The lowest BCUT2D eigenvalue weighted by atomic mass is 10.0. The number of benzene rings is 1. The Morgan fingerprint density at radius 3 is 2.28 bits per heavy atom. The molecular weight excluding hydrogens is 611 g/mol. The zero-order valence-electron chi connectivity index (χ0n) is 26.0. The van der Waals surface area contributed by atoms with Crippen molar-refractivity contribution in [2.75, 3.05) is 36.4 Å². The SMILES string of the molecule is CC(=O)c1c(C)c2cnc(Nc3ccc(N4CCN(C(=O)/C=C/c5ccc(C(F)(F)F)cc5)CC4)cn3)nc2n(C2CCCC2)c1=O. The molecule has 6 rings (SSSR count). The van der Waals surface area contributed by atoms with Gasteiger partial charge in [0.25, 0.3) is 5.56 Å². The average Bonchev–Trinajstić information content (AvgIpc) is 3.58. The fourth-order valence-electron chi connectivity index (χ4n) is 6.31. The molecule has 0 atom stereocenters. The van der Waals surface area contributed by atoms with Crippen LogP contribution < -0.4 is 15.8 Å².